The number of nitriles is 1. The van der Waals surface area contributed by atoms with Crippen LogP contribution in [0.3, 0.4) is 0 Å². The first-order valence-corrected chi connectivity index (χ1v) is 12.5. The maximum atomic E-state index is 13.4. The predicted molar refractivity (Wildman–Crippen MR) is 132 cm³/mol. The Bertz CT molecular complexity index is 1050. The lowest BCUT2D eigenvalue weighted by Gasteiger charge is -2.29. The van der Waals surface area contributed by atoms with Crippen LogP contribution in [0.1, 0.15) is 69.9 Å². The standard InChI is InChI=1S/C25H31F3N4O3S/c1-24(2)22(35)32(18-11-10-17(16-29)19(15-18)25(26,27)28)23(36)31(24)14-7-5-3-4-6-12-30-13-8-9-20(30)21(33)34/h10-11,15,20H,3-9,12-14H2,1-2H3,(H,33,34)/t20-/m0/s1. The number of rotatable bonds is 10. The van der Waals surface area contributed by atoms with Gasteiger partial charge >= 0.3 is 12.1 Å². The molecule has 0 aromatic heterocycles. The van der Waals surface area contributed by atoms with Crippen molar-refractivity contribution in [1.29, 1.82) is 5.26 Å². The molecule has 1 aromatic carbocycles. The summed E-state index contributed by atoms with van der Waals surface area (Å²) in [5.41, 5.74) is -2.63. The lowest BCUT2D eigenvalue weighted by Crippen LogP contribution is -2.44. The molecule has 0 bridgehead atoms. The van der Waals surface area contributed by atoms with Crippen molar-refractivity contribution in [3.8, 4) is 6.07 Å². The first-order valence-electron chi connectivity index (χ1n) is 12.1. The molecule has 2 aliphatic rings. The summed E-state index contributed by atoms with van der Waals surface area (Å²) < 4.78 is 40.3. The van der Waals surface area contributed by atoms with Gasteiger partial charge in [0.25, 0.3) is 5.91 Å². The number of anilines is 1. The number of carbonyl (C=O) groups is 2. The number of halogens is 3. The van der Waals surface area contributed by atoms with Gasteiger partial charge in [-0.15, -0.1) is 0 Å². The van der Waals surface area contributed by atoms with E-state index in [0.717, 1.165) is 68.6 Å². The Morgan fingerprint density at radius 2 is 1.83 bits per heavy atom. The summed E-state index contributed by atoms with van der Waals surface area (Å²) in [6.45, 7) is 5.49. The largest absolute Gasteiger partial charge is 0.480 e. The molecule has 2 fully saturated rings. The van der Waals surface area contributed by atoms with Crippen molar-refractivity contribution in [1.82, 2.24) is 9.80 Å². The normalized spacial score (nSPS) is 20.3. The van der Waals surface area contributed by atoms with E-state index in [1.54, 1.807) is 24.8 Å². The molecule has 1 N–H and O–H groups in total. The summed E-state index contributed by atoms with van der Waals surface area (Å²) in [6, 6.07) is 4.35. The number of carboxylic acid groups (broad SMARTS) is 1. The number of thiocarbonyl (C=S) groups is 1. The third-order valence-electron chi connectivity index (χ3n) is 6.99. The van der Waals surface area contributed by atoms with Gasteiger partial charge in [0.1, 0.15) is 11.6 Å². The zero-order valence-electron chi connectivity index (χ0n) is 20.5. The minimum absolute atomic E-state index is 0.00604. The van der Waals surface area contributed by atoms with Crippen molar-refractivity contribution in [3.05, 3.63) is 29.3 Å². The van der Waals surface area contributed by atoms with Crippen LogP contribution in [0.4, 0.5) is 18.9 Å². The summed E-state index contributed by atoms with van der Waals surface area (Å²) in [5, 5.41) is 18.4. The van der Waals surface area contributed by atoms with Crippen molar-refractivity contribution in [2.75, 3.05) is 24.5 Å². The zero-order chi connectivity index (χ0) is 26.7. The van der Waals surface area contributed by atoms with E-state index in [0.29, 0.717) is 13.0 Å². The lowest BCUT2D eigenvalue weighted by molar-refractivity contribution is -0.142. The van der Waals surface area contributed by atoms with E-state index in [1.165, 1.54) is 6.07 Å². The molecule has 36 heavy (non-hydrogen) atoms. The first kappa shape index (κ1) is 27.9. The van der Waals surface area contributed by atoms with Gasteiger partial charge in [0.15, 0.2) is 5.11 Å². The predicted octanol–water partition coefficient (Wildman–Crippen LogP) is 4.79. The Balaban J connectivity index is 1.55. The molecule has 1 atom stereocenters. The van der Waals surface area contributed by atoms with Crippen LogP contribution in [0.25, 0.3) is 0 Å². The zero-order valence-corrected chi connectivity index (χ0v) is 21.3. The number of hydrogen-bond donors (Lipinski definition) is 1. The number of unbranched alkanes of at least 4 members (excludes halogenated alkanes) is 4. The first-order chi connectivity index (χ1) is 16.9. The Kier molecular flexibility index (Phi) is 8.62. The number of nitrogens with zero attached hydrogens (tertiary/aromatic N) is 4. The van der Waals surface area contributed by atoms with Crippen molar-refractivity contribution in [2.24, 2.45) is 0 Å². The maximum Gasteiger partial charge on any atom is 0.417 e. The van der Waals surface area contributed by atoms with Gasteiger partial charge in [-0.2, -0.15) is 18.4 Å². The monoisotopic (exact) mass is 524 g/mol. The minimum Gasteiger partial charge on any atom is -0.480 e. The van der Waals surface area contributed by atoms with Gasteiger partial charge in [-0.1, -0.05) is 19.3 Å². The summed E-state index contributed by atoms with van der Waals surface area (Å²) in [5.74, 6) is -1.17. The van der Waals surface area contributed by atoms with E-state index in [1.807, 2.05) is 4.90 Å². The van der Waals surface area contributed by atoms with Crippen molar-refractivity contribution < 1.29 is 27.9 Å². The van der Waals surface area contributed by atoms with Gasteiger partial charge in [-0.3, -0.25) is 19.4 Å². The molecule has 0 unspecified atom stereocenters. The van der Waals surface area contributed by atoms with Crippen molar-refractivity contribution in [3.63, 3.8) is 0 Å². The van der Waals surface area contributed by atoms with E-state index < -0.39 is 34.7 Å². The van der Waals surface area contributed by atoms with Crippen LogP contribution in [-0.4, -0.2) is 63.1 Å². The van der Waals surface area contributed by atoms with E-state index in [4.69, 9.17) is 17.5 Å². The molecule has 196 valence electrons. The molecule has 0 radical (unpaired) electrons. The Labute approximate surface area is 214 Å². The molecule has 1 aromatic rings. The molecule has 0 spiro atoms. The molecular weight excluding hydrogens is 493 g/mol. The van der Waals surface area contributed by atoms with Gasteiger partial charge in [0.05, 0.1) is 22.9 Å². The molecule has 0 saturated carbocycles. The lowest BCUT2D eigenvalue weighted by atomic mass is 10.0. The highest BCUT2D eigenvalue weighted by molar-refractivity contribution is 7.80. The smallest absolute Gasteiger partial charge is 0.417 e. The SMILES string of the molecule is CC1(C)C(=O)N(c2ccc(C#N)c(C(F)(F)F)c2)C(=S)N1CCCCCCCN1CCC[C@H]1C(=O)O. The molecule has 1 amide bonds. The number of benzene rings is 1. The van der Waals surface area contributed by atoms with E-state index in [9.17, 15) is 27.9 Å². The highest BCUT2D eigenvalue weighted by Crippen LogP contribution is 2.38. The second-order valence-corrected chi connectivity index (χ2v) is 10.1. The van der Waals surface area contributed by atoms with Gasteiger partial charge < -0.3 is 10.0 Å². The summed E-state index contributed by atoms with van der Waals surface area (Å²) in [7, 11) is 0. The van der Waals surface area contributed by atoms with Crippen LogP contribution >= 0.6 is 12.2 Å². The number of carboxylic acids is 1. The van der Waals surface area contributed by atoms with Crippen LogP contribution in [0.15, 0.2) is 18.2 Å². The molecule has 11 heteroatoms. The van der Waals surface area contributed by atoms with Gasteiger partial charge in [-0.25, -0.2) is 0 Å². The second kappa shape index (κ2) is 11.1. The van der Waals surface area contributed by atoms with Crippen LogP contribution in [0.2, 0.25) is 0 Å². The minimum atomic E-state index is -4.73. The number of aliphatic carboxylic acids is 1. The second-order valence-electron chi connectivity index (χ2n) is 9.77. The quantitative estimate of drug-likeness (QED) is 0.348. The average molecular weight is 525 g/mol. The Morgan fingerprint density at radius 1 is 1.19 bits per heavy atom. The molecule has 2 heterocycles. The third kappa shape index (κ3) is 5.81. The molecule has 3 rings (SSSR count). The number of carbonyl (C=O) groups excluding carboxylic acids is 1. The highest BCUT2D eigenvalue weighted by Gasteiger charge is 2.49. The van der Waals surface area contributed by atoms with E-state index in [-0.39, 0.29) is 16.8 Å². The van der Waals surface area contributed by atoms with Gasteiger partial charge in [-0.05, 0) is 83.0 Å². The highest BCUT2D eigenvalue weighted by atomic mass is 32.1. The number of amides is 1. The molecule has 0 aliphatic carbocycles. The fourth-order valence-electron chi connectivity index (χ4n) is 4.93. The van der Waals surface area contributed by atoms with Gasteiger partial charge in [0.2, 0.25) is 0 Å². The third-order valence-corrected chi connectivity index (χ3v) is 7.39. The van der Waals surface area contributed by atoms with Crippen LogP contribution in [0.5, 0.6) is 0 Å². The van der Waals surface area contributed by atoms with E-state index >= 15 is 0 Å². The van der Waals surface area contributed by atoms with Crippen LogP contribution < -0.4 is 4.90 Å². The fraction of sp³-hybridized carbons (Fsp3) is 0.600. The molecule has 7 nitrogen and oxygen atoms in total. The fourth-order valence-corrected chi connectivity index (χ4v) is 5.44. The Morgan fingerprint density at radius 3 is 2.44 bits per heavy atom. The summed E-state index contributed by atoms with van der Waals surface area (Å²) in [4.78, 5) is 29.3. The van der Waals surface area contributed by atoms with Gasteiger partial charge in [0, 0.05) is 6.54 Å². The number of likely N-dealkylation sites (tertiary alicyclic amines) is 1. The van der Waals surface area contributed by atoms with E-state index in [2.05, 4.69) is 0 Å². The van der Waals surface area contributed by atoms with Crippen molar-refractivity contribution >= 4 is 34.9 Å². The average Bonchev–Trinajstić information content (AvgIpc) is 3.34. The van der Waals surface area contributed by atoms with Crippen LogP contribution in [-0.2, 0) is 15.8 Å². The van der Waals surface area contributed by atoms with Crippen molar-refractivity contribution in [2.45, 2.75) is 76.6 Å². The summed E-state index contributed by atoms with van der Waals surface area (Å²) in [6.07, 6.45) is 1.37. The molecular formula is C25H31F3N4O3S. The summed E-state index contributed by atoms with van der Waals surface area (Å²) >= 11 is 5.51. The number of hydrogen-bond acceptors (Lipinski definition) is 5. The molecule has 2 aliphatic heterocycles. The number of alkyl halides is 3. The Hall–Kier alpha value is -2.71. The topological polar surface area (TPSA) is 87.9 Å². The maximum absolute atomic E-state index is 13.4. The van der Waals surface area contributed by atoms with Crippen LogP contribution in [0, 0.1) is 11.3 Å². The molecule has 2 saturated heterocycles.